The summed E-state index contributed by atoms with van der Waals surface area (Å²) in [4.78, 5) is 13.3. The zero-order chi connectivity index (χ0) is 15.5. The van der Waals surface area contributed by atoms with Gasteiger partial charge in [0.2, 0.25) is 0 Å². The Kier molecular flexibility index (Phi) is 4.92. The van der Waals surface area contributed by atoms with E-state index in [1.165, 1.54) is 12.0 Å². The number of carbonyl (C=O) groups excluding carboxylic acids is 1. The van der Waals surface area contributed by atoms with E-state index < -0.39 is 0 Å². The molecule has 2 aliphatic rings. The van der Waals surface area contributed by atoms with Crippen molar-refractivity contribution in [3.8, 4) is 0 Å². The van der Waals surface area contributed by atoms with Gasteiger partial charge in [0.25, 0.3) is 0 Å². The van der Waals surface area contributed by atoms with Gasteiger partial charge in [-0.15, -0.1) is 11.3 Å². The van der Waals surface area contributed by atoms with Gasteiger partial charge < -0.3 is 14.8 Å². The highest BCUT2D eigenvalue weighted by Gasteiger charge is 2.27. The molecule has 2 heterocycles. The molecule has 0 amide bonds. The largest absolute Gasteiger partial charge is 0.465 e. The molecule has 2 N–H and O–H groups in total. The Morgan fingerprint density at radius 1 is 1.36 bits per heavy atom. The first-order valence-corrected chi connectivity index (χ1v) is 8.54. The van der Waals surface area contributed by atoms with E-state index in [4.69, 9.17) is 21.7 Å². The van der Waals surface area contributed by atoms with E-state index >= 15 is 0 Å². The van der Waals surface area contributed by atoms with E-state index in [0.29, 0.717) is 23.9 Å². The van der Waals surface area contributed by atoms with Crippen LogP contribution in [0.25, 0.3) is 0 Å². The number of fused-ring (bicyclic) bond motifs is 1. The number of esters is 1. The third kappa shape index (κ3) is 3.24. The number of hydrogen-bond acceptors (Lipinski definition) is 6. The summed E-state index contributed by atoms with van der Waals surface area (Å²) >= 11 is 6.96. The standard InChI is InChI=1S/C14H19N3O3S2/c1-19-13(18)11-9-3-2-4-10(9)22-12(11)15-14(21)16-17-5-7-20-8-6-17/h2-8H2,1H3,(H2,15,16,21). The Bertz CT molecular complexity index is 582. The van der Waals surface area contributed by atoms with Crippen LogP contribution in [0.2, 0.25) is 0 Å². The van der Waals surface area contributed by atoms with Crippen molar-refractivity contribution in [1.29, 1.82) is 0 Å². The molecule has 120 valence electrons. The molecule has 0 bridgehead atoms. The van der Waals surface area contributed by atoms with Gasteiger partial charge in [0.1, 0.15) is 5.00 Å². The number of ether oxygens (including phenoxy) is 2. The Morgan fingerprint density at radius 3 is 2.86 bits per heavy atom. The maximum absolute atomic E-state index is 12.1. The molecular weight excluding hydrogens is 322 g/mol. The van der Waals surface area contributed by atoms with Crippen molar-refractivity contribution in [2.24, 2.45) is 0 Å². The third-order valence-corrected chi connectivity index (χ3v) is 5.21. The average Bonchev–Trinajstić information content (AvgIpc) is 3.08. The first kappa shape index (κ1) is 15.7. The molecule has 1 aromatic heterocycles. The number of morpholine rings is 1. The van der Waals surface area contributed by atoms with Gasteiger partial charge in [-0.2, -0.15) is 0 Å². The van der Waals surface area contributed by atoms with Crippen molar-refractivity contribution >= 4 is 39.6 Å². The third-order valence-electron chi connectivity index (χ3n) is 3.81. The molecule has 0 unspecified atom stereocenters. The fourth-order valence-corrected chi connectivity index (χ4v) is 4.34. The summed E-state index contributed by atoms with van der Waals surface area (Å²) in [5.74, 6) is -0.295. The van der Waals surface area contributed by atoms with Crippen molar-refractivity contribution in [1.82, 2.24) is 10.4 Å². The number of nitrogens with one attached hydrogen (secondary N) is 2. The van der Waals surface area contributed by atoms with Crippen LogP contribution in [-0.4, -0.2) is 49.5 Å². The second-order valence-electron chi connectivity index (χ2n) is 5.22. The van der Waals surface area contributed by atoms with E-state index in [-0.39, 0.29) is 5.97 Å². The predicted octanol–water partition coefficient (Wildman–Crippen LogP) is 1.56. The quantitative estimate of drug-likeness (QED) is 0.639. The van der Waals surface area contributed by atoms with E-state index in [0.717, 1.165) is 42.9 Å². The van der Waals surface area contributed by atoms with Gasteiger partial charge in [-0.25, -0.2) is 9.80 Å². The zero-order valence-electron chi connectivity index (χ0n) is 12.4. The minimum atomic E-state index is -0.295. The molecule has 0 radical (unpaired) electrons. The number of hydrogen-bond donors (Lipinski definition) is 2. The maximum atomic E-state index is 12.1. The van der Waals surface area contributed by atoms with Crippen molar-refractivity contribution in [2.75, 3.05) is 38.7 Å². The summed E-state index contributed by atoms with van der Waals surface area (Å²) in [5, 5.41) is 6.44. The van der Waals surface area contributed by atoms with Crippen LogP contribution in [0.5, 0.6) is 0 Å². The molecule has 1 aliphatic carbocycles. The smallest absolute Gasteiger partial charge is 0.341 e. The number of nitrogens with zero attached hydrogens (tertiary/aromatic N) is 1. The van der Waals surface area contributed by atoms with Gasteiger partial charge in [-0.1, -0.05) is 0 Å². The highest BCUT2D eigenvalue weighted by atomic mass is 32.1. The molecule has 1 fully saturated rings. The van der Waals surface area contributed by atoms with Crippen LogP contribution < -0.4 is 10.7 Å². The fourth-order valence-electron chi connectivity index (χ4n) is 2.76. The Morgan fingerprint density at radius 2 is 2.14 bits per heavy atom. The van der Waals surface area contributed by atoms with E-state index in [9.17, 15) is 4.79 Å². The van der Waals surface area contributed by atoms with Crippen LogP contribution in [0.15, 0.2) is 0 Å². The number of anilines is 1. The molecule has 22 heavy (non-hydrogen) atoms. The molecule has 0 aromatic carbocycles. The topological polar surface area (TPSA) is 62.8 Å². The van der Waals surface area contributed by atoms with Crippen molar-refractivity contribution in [3.05, 3.63) is 16.0 Å². The number of rotatable bonds is 3. The molecule has 1 aliphatic heterocycles. The maximum Gasteiger partial charge on any atom is 0.341 e. The number of carbonyl (C=O) groups is 1. The van der Waals surface area contributed by atoms with E-state index in [2.05, 4.69) is 10.7 Å². The highest BCUT2D eigenvalue weighted by Crippen LogP contribution is 2.39. The molecule has 0 atom stereocenters. The average molecular weight is 341 g/mol. The lowest BCUT2D eigenvalue weighted by Crippen LogP contribution is -2.49. The molecule has 6 nitrogen and oxygen atoms in total. The Hall–Kier alpha value is -1.22. The fraction of sp³-hybridized carbons (Fsp3) is 0.571. The Labute approximate surface area is 138 Å². The van der Waals surface area contributed by atoms with Crippen LogP contribution in [0.4, 0.5) is 5.00 Å². The van der Waals surface area contributed by atoms with E-state index in [1.54, 1.807) is 11.3 Å². The summed E-state index contributed by atoms with van der Waals surface area (Å²) < 4.78 is 10.2. The summed E-state index contributed by atoms with van der Waals surface area (Å²) in [6.07, 6.45) is 3.05. The van der Waals surface area contributed by atoms with Crippen LogP contribution >= 0.6 is 23.6 Å². The lowest BCUT2D eigenvalue weighted by atomic mass is 10.1. The Balaban J connectivity index is 1.71. The first-order valence-electron chi connectivity index (χ1n) is 7.32. The normalized spacial score (nSPS) is 17.9. The van der Waals surface area contributed by atoms with Crippen molar-refractivity contribution in [3.63, 3.8) is 0 Å². The van der Waals surface area contributed by atoms with Gasteiger partial charge in [0.05, 0.1) is 25.9 Å². The van der Waals surface area contributed by atoms with Crippen molar-refractivity contribution < 1.29 is 14.3 Å². The predicted molar refractivity (Wildman–Crippen MR) is 89.4 cm³/mol. The summed E-state index contributed by atoms with van der Waals surface area (Å²) in [6.45, 7) is 2.95. The van der Waals surface area contributed by atoms with Crippen LogP contribution in [0.3, 0.4) is 0 Å². The number of thiophene rings is 1. The van der Waals surface area contributed by atoms with Gasteiger partial charge in [-0.05, 0) is 37.0 Å². The zero-order valence-corrected chi connectivity index (χ0v) is 14.1. The minimum Gasteiger partial charge on any atom is -0.465 e. The second kappa shape index (κ2) is 6.91. The van der Waals surface area contributed by atoms with Gasteiger partial charge in [-0.3, -0.25) is 5.43 Å². The van der Waals surface area contributed by atoms with Gasteiger partial charge in [0, 0.05) is 18.0 Å². The molecule has 1 saturated heterocycles. The molecule has 1 aromatic rings. The monoisotopic (exact) mass is 341 g/mol. The SMILES string of the molecule is COC(=O)c1c(NC(=S)NN2CCOCC2)sc2c1CCC2. The summed E-state index contributed by atoms with van der Waals surface area (Å²) in [5.41, 5.74) is 4.91. The summed E-state index contributed by atoms with van der Waals surface area (Å²) in [6, 6.07) is 0. The molecular formula is C14H19N3O3S2. The number of methoxy groups -OCH3 is 1. The van der Waals surface area contributed by atoms with Crippen LogP contribution in [0, 0.1) is 0 Å². The lowest BCUT2D eigenvalue weighted by Gasteiger charge is -2.28. The number of aryl methyl sites for hydroxylation is 1. The molecule has 8 heteroatoms. The minimum absolute atomic E-state index is 0.295. The first-order chi connectivity index (χ1) is 10.7. The summed E-state index contributed by atoms with van der Waals surface area (Å²) in [7, 11) is 1.41. The molecule has 0 spiro atoms. The number of hydrazine groups is 1. The van der Waals surface area contributed by atoms with Crippen LogP contribution in [-0.2, 0) is 22.3 Å². The molecule has 3 rings (SSSR count). The van der Waals surface area contributed by atoms with E-state index in [1.807, 2.05) is 5.01 Å². The van der Waals surface area contributed by atoms with Crippen LogP contribution in [0.1, 0.15) is 27.2 Å². The lowest BCUT2D eigenvalue weighted by molar-refractivity contribution is 0.0252. The van der Waals surface area contributed by atoms with Gasteiger partial charge >= 0.3 is 5.97 Å². The van der Waals surface area contributed by atoms with Crippen molar-refractivity contribution in [2.45, 2.75) is 19.3 Å². The number of thiocarbonyl (C=S) groups is 1. The van der Waals surface area contributed by atoms with Gasteiger partial charge in [0.15, 0.2) is 5.11 Å². The molecule has 0 saturated carbocycles. The highest BCUT2D eigenvalue weighted by molar-refractivity contribution is 7.80. The second-order valence-corrected chi connectivity index (χ2v) is 6.73.